The number of ether oxygens (including phenoxy) is 1. The molecule has 1 amide bonds. The van der Waals surface area contributed by atoms with Crippen molar-refractivity contribution in [2.45, 2.75) is 25.5 Å². The zero-order valence-corrected chi connectivity index (χ0v) is 13.2. The van der Waals surface area contributed by atoms with E-state index in [4.69, 9.17) is 10.5 Å². The Bertz CT molecular complexity index is 640. The minimum atomic E-state index is 0.0507. The average molecular weight is 310 g/mol. The van der Waals surface area contributed by atoms with E-state index in [0.29, 0.717) is 18.7 Å². The molecule has 1 fully saturated rings. The topological polar surface area (TPSA) is 55.6 Å². The Hall–Kier alpha value is -2.33. The second-order valence-electron chi connectivity index (χ2n) is 5.95. The van der Waals surface area contributed by atoms with Gasteiger partial charge in [0.2, 0.25) is 0 Å². The fraction of sp³-hybridized carbons (Fsp3) is 0.316. The number of carbonyl (C=O) groups is 1. The van der Waals surface area contributed by atoms with Gasteiger partial charge in [-0.1, -0.05) is 30.3 Å². The summed E-state index contributed by atoms with van der Waals surface area (Å²) in [5.41, 5.74) is 7.75. The van der Waals surface area contributed by atoms with Crippen molar-refractivity contribution in [3.63, 3.8) is 0 Å². The van der Waals surface area contributed by atoms with Crippen LogP contribution in [0.2, 0.25) is 0 Å². The predicted molar refractivity (Wildman–Crippen MR) is 90.3 cm³/mol. The van der Waals surface area contributed by atoms with Gasteiger partial charge in [0.25, 0.3) is 5.91 Å². The Morgan fingerprint density at radius 3 is 2.57 bits per heavy atom. The Labute approximate surface area is 136 Å². The molecule has 1 atom stereocenters. The molecular weight excluding hydrogens is 288 g/mol. The minimum Gasteiger partial charge on any atom is -0.489 e. The first-order valence-electron chi connectivity index (χ1n) is 8.04. The van der Waals surface area contributed by atoms with Crippen molar-refractivity contribution in [3.05, 3.63) is 65.7 Å². The quantitative estimate of drug-likeness (QED) is 0.945. The van der Waals surface area contributed by atoms with Gasteiger partial charge in [-0.2, -0.15) is 0 Å². The van der Waals surface area contributed by atoms with Crippen LogP contribution in [0.4, 0.5) is 0 Å². The first kappa shape index (κ1) is 15.6. The molecule has 1 saturated heterocycles. The Morgan fingerprint density at radius 1 is 1.13 bits per heavy atom. The fourth-order valence-corrected chi connectivity index (χ4v) is 2.81. The molecule has 1 unspecified atom stereocenters. The normalized spacial score (nSPS) is 17.8. The van der Waals surface area contributed by atoms with Crippen molar-refractivity contribution in [3.8, 4) is 5.75 Å². The number of nitrogens with zero attached hydrogens (tertiary/aromatic N) is 1. The molecule has 2 aromatic rings. The Balaban J connectivity index is 1.59. The summed E-state index contributed by atoms with van der Waals surface area (Å²) in [7, 11) is 0. The summed E-state index contributed by atoms with van der Waals surface area (Å²) in [4.78, 5) is 14.3. The third-order valence-corrected chi connectivity index (χ3v) is 4.09. The Kier molecular flexibility index (Phi) is 4.93. The highest BCUT2D eigenvalue weighted by molar-refractivity contribution is 5.94. The summed E-state index contributed by atoms with van der Waals surface area (Å²) in [5.74, 6) is 0.815. The molecule has 0 aromatic heterocycles. The molecule has 4 nitrogen and oxygen atoms in total. The van der Waals surface area contributed by atoms with Gasteiger partial charge in [0, 0.05) is 24.7 Å². The van der Waals surface area contributed by atoms with Crippen LogP contribution >= 0.6 is 0 Å². The maximum absolute atomic E-state index is 12.5. The van der Waals surface area contributed by atoms with Gasteiger partial charge < -0.3 is 15.4 Å². The average Bonchev–Trinajstić information content (AvgIpc) is 2.61. The number of carbonyl (C=O) groups excluding carboxylic acids is 1. The number of hydrogen-bond acceptors (Lipinski definition) is 3. The van der Waals surface area contributed by atoms with E-state index in [1.807, 2.05) is 59.5 Å². The van der Waals surface area contributed by atoms with Gasteiger partial charge in [-0.25, -0.2) is 0 Å². The number of piperidine rings is 1. The molecule has 0 aliphatic carbocycles. The fourth-order valence-electron chi connectivity index (χ4n) is 2.81. The number of nitrogens with two attached hydrogens (primary N) is 1. The molecule has 2 N–H and O–H groups in total. The van der Waals surface area contributed by atoms with E-state index in [2.05, 4.69) is 0 Å². The van der Waals surface area contributed by atoms with Crippen molar-refractivity contribution in [2.75, 3.05) is 13.1 Å². The minimum absolute atomic E-state index is 0.0507. The summed E-state index contributed by atoms with van der Waals surface area (Å²) in [6, 6.07) is 17.5. The number of rotatable bonds is 4. The van der Waals surface area contributed by atoms with E-state index in [9.17, 15) is 4.79 Å². The summed E-state index contributed by atoms with van der Waals surface area (Å²) < 4.78 is 5.74. The molecule has 1 heterocycles. The maximum atomic E-state index is 12.5. The van der Waals surface area contributed by atoms with Gasteiger partial charge in [0.05, 0.1) is 0 Å². The summed E-state index contributed by atoms with van der Waals surface area (Å²) in [5, 5.41) is 0. The van der Waals surface area contributed by atoms with Crippen LogP contribution in [0.15, 0.2) is 54.6 Å². The Morgan fingerprint density at radius 2 is 1.87 bits per heavy atom. The van der Waals surface area contributed by atoms with Crippen LogP contribution in [-0.2, 0) is 6.61 Å². The molecule has 1 aliphatic heterocycles. The number of hydrogen-bond donors (Lipinski definition) is 1. The van der Waals surface area contributed by atoms with E-state index in [1.165, 1.54) is 0 Å². The summed E-state index contributed by atoms with van der Waals surface area (Å²) in [6.45, 7) is 1.96. The first-order valence-corrected chi connectivity index (χ1v) is 8.04. The highest BCUT2D eigenvalue weighted by Crippen LogP contribution is 2.17. The molecular formula is C19H22N2O2. The van der Waals surface area contributed by atoms with Crippen LogP contribution in [0.25, 0.3) is 0 Å². The van der Waals surface area contributed by atoms with Crippen molar-refractivity contribution in [1.82, 2.24) is 4.90 Å². The standard InChI is InChI=1S/C19H22N2O2/c20-17-7-4-12-21(13-17)19(22)16-8-10-18(11-9-16)23-14-15-5-2-1-3-6-15/h1-3,5-6,8-11,17H,4,7,12-14,20H2. The van der Waals surface area contributed by atoms with Crippen molar-refractivity contribution in [1.29, 1.82) is 0 Å². The largest absolute Gasteiger partial charge is 0.489 e. The van der Waals surface area contributed by atoms with Gasteiger partial charge in [-0.05, 0) is 42.7 Å². The van der Waals surface area contributed by atoms with Crippen LogP contribution < -0.4 is 10.5 Å². The van der Waals surface area contributed by atoms with Crippen LogP contribution in [0.5, 0.6) is 5.75 Å². The highest BCUT2D eigenvalue weighted by Gasteiger charge is 2.22. The van der Waals surface area contributed by atoms with Gasteiger partial charge >= 0.3 is 0 Å². The summed E-state index contributed by atoms with van der Waals surface area (Å²) >= 11 is 0. The van der Waals surface area contributed by atoms with E-state index >= 15 is 0 Å². The lowest BCUT2D eigenvalue weighted by atomic mass is 10.1. The predicted octanol–water partition coefficient (Wildman–Crippen LogP) is 2.83. The van der Waals surface area contributed by atoms with Crippen LogP contribution in [0.3, 0.4) is 0 Å². The second kappa shape index (κ2) is 7.29. The zero-order chi connectivity index (χ0) is 16.1. The van der Waals surface area contributed by atoms with E-state index in [1.54, 1.807) is 0 Å². The molecule has 1 aliphatic rings. The number of likely N-dealkylation sites (tertiary alicyclic amines) is 1. The lowest BCUT2D eigenvalue weighted by molar-refractivity contribution is 0.0709. The van der Waals surface area contributed by atoms with Gasteiger partial charge in [0.1, 0.15) is 12.4 Å². The molecule has 0 radical (unpaired) electrons. The van der Waals surface area contributed by atoms with Crippen LogP contribution in [0.1, 0.15) is 28.8 Å². The lowest BCUT2D eigenvalue weighted by Gasteiger charge is -2.30. The SMILES string of the molecule is NC1CCCN(C(=O)c2ccc(OCc3ccccc3)cc2)C1. The molecule has 3 rings (SSSR count). The van der Waals surface area contributed by atoms with E-state index in [-0.39, 0.29) is 11.9 Å². The van der Waals surface area contributed by atoms with Gasteiger partial charge in [0.15, 0.2) is 0 Å². The maximum Gasteiger partial charge on any atom is 0.253 e. The molecule has 120 valence electrons. The smallest absolute Gasteiger partial charge is 0.253 e. The van der Waals surface area contributed by atoms with Crippen LogP contribution in [0, 0.1) is 0 Å². The summed E-state index contributed by atoms with van der Waals surface area (Å²) in [6.07, 6.45) is 1.97. The second-order valence-corrected chi connectivity index (χ2v) is 5.95. The molecule has 2 aromatic carbocycles. The third kappa shape index (κ3) is 4.11. The lowest BCUT2D eigenvalue weighted by Crippen LogP contribution is -2.45. The van der Waals surface area contributed by atoms with E-state index in [0.717, 1.165) is 30.7 Å². The molecule has 0 saturated carbocycles. The first-order chi connectivity index (χ1) is 11.2. The zero-order valence-electron chi connectivity index (χ0n) is 13.2. The number of benzene rings is 2. The molecule has 0 spiro atoms. The van der Waals surface area contributed by atoms with E-state index < -0.39 is 0 Å². The van der Waals surface area contributed by atoms with Gasteiger partial charge in [-0.15, -0.1) is 0 Å². The van der Waals surface area contributed by atoms with Crippen molar-refractivity contribution in [2.24, 2.45) is 5.73 Å². The van der Waals surface area contributed by atoms with Crippen molar-refractivity contribution >= 4 is 5.91 Å². The molecule has 23 heavy (non-hydrogen) atoms. The van der Waals surface area contributed by atoms with Gasteiger partial charge in [-0.3, -0.25) is 4.79 Å². The van der Waals surface area contributed by atoms with Crippen LogP contribution in [-0.4, -0.2) is 29.9 Å². The number of amides is 1. The third-order valence-electron chi connectivity index (χ3n) is 4.09. The monoisotopic (exact) mass is 310 g/mol. The molecule has 0 bridgehead atoms. The molecule has 4 heteroatoms. The van der Waals surface area contributed by atoms with Crippen molar-refractivity contribution < 1.29 is 9.53 Å². The highest BCUT2D eigenvalue weighted by atomic mass is 16.5.